The number of rotatable bonds is 2. The molecule has 2 aromatic carbocycles. The molecule has 0 spiro atoms. The van der Waals surface area contributed by atoms with Crippen LogP contribution in [0.25, 0.3) is 10.8 Å². The fraction of sp³-hybridized carbons (Fsp3) is 0.333. The molecule has 0 radical (unpaired) electrons. The van der Waals surface area contributed by atoms with E-state index in [4.69, 9.17) is 15.2 Å². The first-order chi connectivity index (χ1) is 8.84. The number of anilines is 1. The summed E-state index contributed by atoms with van der Waals surface area (Å²) < 4.78 is 11.6. The number of nitrogens with two attached hydrogens (primary N) is 1. The predicted molar refractivity (Wildman–Crippen MR) is 72.6 cm³/mol. The summed E-state index contributed by atoms with van der Waals surface area (Å²) in [5, 5.41) is 2.08. The molecule has 94 valence electrons. The highest BCUT2D eigenvalue weighted by Gasteiger charge is 2.16. The molecule has 1 aliphatic heterocycles. The molecule has 18 heavy (non-hydrogen) atoms. The third-order valence-corrected chi connectivity index (χ3v) is 3.31. The van der Waals surface area contributed by atoms with Gasteiger partial charge in [0, 0.05) is 22.9 Å². The van der Waals surface area contributed by atoms with Crippen LogP contribution < -0.4 is 10.5 Å². The van der Waals surface area contributed by atoms with Crippen molar-refractivity contribution >= 4 is 16.5 Å². The van der Waals surface area contributed by atoms with Crippen molar-refractivity contribution in [1.82, 2.24) is 0 Å². The zero-order chi connectivity index (χ0) is 12.4. The third kappa shape index (κ3) is 2.14. The van der Waals surface area contributed by atoms with Crippen molar-refractivity contribution in [3.05, 3.63) is 36.4 Å². The molecule has 1 atom stereocenters. The van der Waals surface area contributed by atoms with E-state index in [1.165, 1.54) is 0 Å². The standard InChI is InChI=1S/C15H17NO2/c16-13-8-9-14(12-6-2-1-5-11(12)13)18-15-7-3-4-10-17-15/h1-2,5-6,8-9,15H,3-4,7,10,16H2/t15-/m1/s1. The first-order valence-electron chi connectivity index (χ1n) is 6.40. The molecule has 0 saturated carbocycles. The molecule has 1 saturated heterocycles. The van der Waals surface area contributed by atoms with Gasteiger partial charge in [-0.05, 0) is 25.0 Å². The monoisotopic (exact) mass is 243 g/mol. The number of hydrogen-bond donors (Lipinski definition) is 1. The van der Waals surface area contributed by atoms with Crippen molar-refractivity contribution in [3.63, 3.8) is 0 Å². The van der Waals surface area contributed by atoms with Crippen molar-refractivity contribution in [2.45, 2.75) is 25.6 Å². The van der Waals surface area contributed by atoms with Gasteiger partial charge in [0.25, 0.3) is 0 Å². The number of hydrogen-bond acceptors (Lipinski definition) is 3. The van der Waals surface area contributed by atoms with E-state index in [1.54, 1.807) is 0 Å². The van der Waals surface area contributed by atoms with Crippen molar-refractivity contribution < 1.29 is 9.47 Å². The van der Waals surface area contributed by atoms with Crippen LogP contribution in [0.3, 0.4) is 0 Å². The minimum Gasteiger partial charge on any atom is -0.464 e. The van der Waals surface area contributed by atoms with Crippen LogP contribution in [-0.2, 0) is 4.74 Å². The highest BCUT2D eigenvalue weighted by Crippen LogP contribution is 2.31. The molecule has 3 heteroatoms. The van der Waals surface area contributed by atoms with E-state index in [2.05, 4.69) is 0 Å². The molecule has 2 aromatic rings. The van der Waals surface area contributed by atoms with Crippen LogP contribution in [0.5, 0.6) is 5.75 Å². The minimum absolute atomic E-state index is 0.120. The molecule has 2 N–H and O–H groups in total. The Morgan fingerprint density at radius 2 is 1.89 bits per heavy atom. The zero-order valence-corrected chi connectivity index (χ0v) is 10.3. The molecule has 0 amide bonds. The Kier molecular flexibility index (Phi) is 3.07. The Labute approximate surface area is 106 Å². The summed E-state index contributed by atoms with van der Waals surface area (Å²) >= 11 is 0. The predicted octanol–water partition coefficient (Wildman–Crippen LogP) is 3.33. The van der Waals surface area contributed by atoms with Gasteiger partial charge in [0.1, 0.15) is 5.75 Å². The molecule has 0 aliphatic carbocycles. The van der Waals surface area contributed by atoms with Gasteiger partial charge in [-0.2, -0.15) is 0 Å². The van der Waals surface area contributed by atoms with Gasteiger partial charge in [-0.1, -0.05) is 24.3 Å². The molecule has 3 rings (SSSR count). The second-order valence-corrected chi connectivity index (χ2v) is 4.61. The second-order valence-electron chi connectivity index (χ2n) is 4.61. The van der Waals surface area contributed by atoms with Crippen LogP contribution in [0, 0.1) is 0 Å². The van der Waals surface area contributed by atoms with Crippen molar-refractivity contribution in [2.24, 2.45) is 0 Å². The normalized spacial score (nSPS) is 19.9. The third-order valence-electron chi connectivity index (χ3n) is 3.31. The van der Waals surface area contributed by atoms with Gasteiger partial charge < -0.3 is 15.2 Å². The van der Waals surface area contributed by atoms with Crippen LogP contribution in [0.4, 0.5) is 5.69 Å². The lowest BCUT2D eigenvalue weighted by Crippen LogP contribution is -2.25. The SMILES string of the molecule is Nc1ccc(O[C@@H]2CCCCO2)c2ccccc12. The molecule has 0 bridgehead atoms. The van der Waals surface area contributed by atoms with Gasteiger partial charge in [0.05, 0.1) is 6.61 Å². The molecular formula is C15H17NO2. The van der Waals surface area contributed by atoms with E-state index in [1.807, 2.05) is 36.4 Å². The van der Waals surface area contributed by atoms with Gasteiger partial charge in [-0.3, -0.25) is 0 Å². The highest BCUT2D eigenvalue weighted by atomic mass is 16.7. The summed E-state index contributed by atoms with van der Waals surface area (Å²) in [4.78, 5) is 0. The van der Waals surface area contributed by atoms with E-state index >= 15 is 0 Å². The maximum absolute atomic E-state index is 5.97. The summed E-state index contributed by atoms with van der Waals surface area (Å²) in [5.74, 6) is 0.853. The molecular weight excluding hydrogens is 226 g/mol. The Hall–Kier alpha value is -1.74. The molecule has 0 unspecified atom stereocenters. The Balaban J connectivity index is 1.94. The second kappa shape index (κ2) is 4.86. The van der Waals surface area contributed by atoms with E-state index < -0.39 is 0 Å². The molecule has 0 aromatic heterocycles. The van der Waals surface area contributed by atoms with Gasteiger partial charge in [-0.15, -0.1) is 0 Å². The topological polar surface area (TPSA) is 44.5 Å². The highest BCUT2D eigenvalue weighted by molar-refractivity contribution is 5.96. The average molecular weight is 243 g/mol. The molecule has 1 heterocycles. The number of fused-ring (bicyclic) bond motifs is 1. The summed E-state index contributed by atoms with van der Waals surface area (Å²) in [6.07, 6.45) is 3.13. The lowest BCUT2D eigenvalue weighted by molar-refractivity contribution is -0.105. The number of ether oxygens (including phenoxy) is 2. The van der Waals surface area contributed by atoms with E-state index in [-0.39, 0.29) is 6.29 Å². The molecule has 1 fully saturated rings. The van der Waals surface area contributed by atoms with Crippen LogP contribution in [0.2, 0.25) is 0 Å². The Morgan fingerprint density at radius 3 is 2.67 bits per heavy atom. The van der Waals surface area contributed by atoms with Crippen LogP contribution in [0.1, 0.15) is 19.3 Å². The van der Waals surface area contributed by atoms with Gasteiger partial charge in [0.15, 0.2) is 6.29 Å². The van der Waals surface area contributed by atoms with Crippen LogP contribution in [-0.4, -0.2) is 12.9 Å². The van der Waals surface area contributed by atoms with E-state index in [9.17, 15) is 0 Å². The summed E-state index contributed by atoms with van der Waals surface area (Å²) in [7, 11) is 0. The smallest absolute Gasteiger partial charge is 0.199 e. The Bertz CT molecular complexity index is 547. The lowest BCUT2D eigenvalue weighted by atomic mass is 10.1. The summed E-state index contributed by atoms with van der Waals surface area (Å²) in [6.45, 7) is 0.789. The van der Waals surface area contributed by atoms with E-state index in [0.29, 0.717) is 0 Å². The van der Waals surface area contributed by atoms with Crippen molar-refractivity contribution in [1.29, 1.82) is 0 Å². The first-order valence-corrected chi connectivity index (χ1v) is 6.40. The number of benzene rings is 2. The van der Waals surface area contributed by atoms with E-state index in [0.717, 1.165) is 48.1 Å². The van der Waals surface area contributed by atoms with Crippen LogP contribution >= 0.6 is 0 Å². The average Bonchev–Trinajstić information content (AvgIpc) is 2.44. The maximum atomic E-state index is 5.97. The van der Waals surface area contributed by atoms with Crippen molar-refractivity contribution in [3.8, 4) is 5.75 Å². The largest absolute Gasteiger partial charge is 0.464 e. The van der Waals surface area contributed by atoms with Gasteiger partial charge in [0.2, 0.25) is 0 Å². The molecule has 3 nitrogen and oxygen atoms in total. The lowest BCUT2D eigenvalue weighted by Gasteiger charge is -2.24. The quantitative estimate of drug-likeness (QED) is 0.823. The first kappa shape index (κ1) is 11.4. The Morgan fingerprint density at radius 1 is 1.06 bits per heavy atom. The number of nitrogen functional groups attached to an aromatic ring is 1. The maximum Gasteiger partial charge on any atom is 0.199 e. The van der Waals surface area contributed by atoms with Crippen molar-refractivity contribution in [2.75, 3.05) is 12.3 Å². The fourth-order valence-corrected chi connectivity index (χ4v) is 2.34. The fourth-order valence-electron chi connectivity index (χ4n) is 2.34. The molecule has 1 aliphatic rings. The zero-order valence-electron chi connectivity index (χ0n) is 10.3. The summed E-state index contributed by atoms with van der Waals surface area (Å²) in [5.41, 5.74) is 6.75. The minimum atomic E-state index is -0.120. The van der Waals surface area contributed by atoms with Gasteiger partial charge in [-0.25, -0.2) is 0 Å². The van der Waals surface area contributed by atoms with Gasteiger partial charge >= 0.3 is 0 Å². The van der Waals surface area contributed by atoms with Crippen LogP contribution in [0.15, 0.2) is 36.4 Å². The summed E-state index contributed by atoms with van der Waals surface area (Å²) in [6, 6.07) is 11.8.